The molecule has 88 valence electrons. The van der Waals surface area contributed by atoms with Crippen LogP contribution in [0.4, 0.5) is 11.5 Å². The van der Waals surface area contributed by atoms with E-state index in [0.717, 1.165) is 11.4 Å². The molecular weight excluding hydrogens is 206 g/mol. The van der Waals surface area contributed by atoms with E-state index in [-0.39, 0.29) is 12.6 Å². The van der Waals surface area contributed by atoms with Crippen LogP contribution in [0.3, 0.4) is 0 Å². The van der Waals surface area contributed by atoms with Crippen LogP contribution in [-0.2, 0) is 4.74 Å². The molecule has 1 aromatic heterocycles. The molecule has 5 heteroatoms. The summed E-state index contributed by atoms with van der Waals surface area (Å²) < 4.78 is 5.32. The lowest BCUT2D eigenvalue weighted by molar-refractivity contribution is 0.0723. The van der Waals surface area contributed by atoms with Crippen LogP contribution in [0.5, 0.6) is 0 Å². The highest BCUT2D eigenvalue weighted by molar-refractivity contribution is 5.66. The molecule has 0 aromatic carbocycles. The van der Waals surface area contributed by atoms with Gasteiger partial charge in [0.2, 0.25) is 0 Å². The summed E-state index contributed by atoms with van der Waals surface area (Å²) in [5.41, 5.74) is 7.69. The topological polar surface area (TPSA) is 71.6 Å². The summed E-state index contributed by atoms with van der Waals surface area (Å²) in [6.45, 7) is 3.88. The van der Waals surface area contributed by atoms with E-state index < -0.39 is 0 Å². The Labute approximate surface area is 94.8 Å². The van der Waals surface area contributed by atoms with E-state index in [4.69, 9.17) is 10.5 Å². The van der Waals surface area contributed by atoms with E-state index in [0.29, 0.717) is 25.4 Å². The molecule has 1 atom stereocenters. The quantitative estimate of drug-likeness (QED) is 0.748. The van der Waals surface area contributed by atoms with Crippen LogP contribution >= 0.6 is 0 Å². The fourth-order valence-electron chi connectivity index (χ4n) is 1.87. The highest BCUT2D eigenvalue weighted by Crippen LogP contribution is 2.26. The van der Waals surface area contributed by atoms with Gasteiger partial charge in [-0.2, -0.15) is 0 Å². The average Bonchev–Trinajstić information content (AvgIpc) is 2.33. The Morgan fingerprint density at radius 2 is 2.50 bits per heavy atom. The van der Waals surface area contributed by atoms with Crippen LogP contribution in [0.25, 0.3) is 0 Å². The SMILES string of the molecule is Cc1ccnc(N2CCOCC2CO)c1N. The molecule has 0 aliphatic carbocycles. The third-order valence-electron chi connectivity index (χ3n) is 2.90. The maximum Gasteiger partial charge on any atom is 0.152 e. The predicted octanol–water partition coefficient (Wildman–Crippen LogP) is 0.170. The Morgan fingerprint density at radius 1 is 1.69 bits per heavy atom. The number of anilines is 2. The second-order valence-electron chi connectivity index (χ2n) is 3.97. The van der Waals surface area contributed by atoms with E-state index in [1.807, 2.05) is 17.9 Å². The van der Waals surface area contributed by atoms with Gasteiger partial charge in [0.1, 0.15) is 0 Å². The number of nitrogens with zero attached hydrogens (tertiary/aromatic N) is 2. The van der Waals surface area contributed by atoms with Gasteiger partial charge in [0, 0.05) is 12.7 Å². The number of nitrogens with two attached hydrogens (primary N) is 1. The summed E-state index contributed by atoms with van der Waals surface area (Å²) >= 11 is 0. The van der Waals surface area contributed by atoms with Crippen molar-refractivity contribution in [3.63, 3.8) is 0 Å². The Morgan fingerprint density at radius 3 is 3.25 bits per heavy atom. The molecule has 1 aromatic rings. The Hall–Kier alpha value is -1.33. The van der Waals surface area contributed by atoms with E-state index in [1.54, 1.807) is 6.20 Å². The Balaban J connectivity index is 2.30. The minimum Gasteiger partial charge on any atom is -0.396 e. The monoisotopic (exact) mass is 223 g/mol. The van der Waals surface area contributed by atoms with Gasteiger partial charge in [-0.1, -0.05) is 0 Å². The van der Waals surface area contributed by atoms with Crippen LogP contribution in [0.2, 0.25) is 0 Å². The average molecular weight is 223 g/mol. The zero-order valence-corrected chi connectivity index (χ0v) is 9.39. The first-order valence-electron chi connectivity index (χ1n) is 5.40. The fourth-order valence-corrected chi connectivity index (χ4v) is 1.87. The van der Waals surface area contributed by atoms with Crippen molar-refractivity contribution in [3.05, 3.63) is 17.8 Å². The molecule has 0 saturated carbocycles. The van der Waals surface area contributed by atoms with Gasteiger partial charge < -0.3 is 20.5 Å². The van der Waals surface area contributed by atoms with Crippen LogP contribution in [0.1, 0.15) is 5.56 Å². The van der Waals surface area contributed by atoms with Gasteiger partial charge in [-0.25, -0.2) is 4.98 Å². The van der Waals surface area contributed by atoms with Crippen molar-refractivity contribution in [1.82, 2.24) is 4.98 Å². The molecule has 0 radical (unpaired) electrons. The van der Waals surface area contributed by atoms with Crippen LogP contribution in [0, 0.1) is 6.92 Å². The first-order chi connectivity index (χ1) is 7.74. The number of aryl methyl sites for hydroxylation is 1. The van der Waals surface area contributed by atoms with Gasteiger partial charge in [0.25, 0.3) is 0 Å². The summed E-state index contributed by atoms with van der Waals surface area (Å²) in [6, 6.07) is 1.83. The maximum atomic E-state index is 9.29. The van der Waals surface area contributed by atoms with Crippen molar-refractivity contribution in [3.8, 4) is 0 Å². The number of ether oxygens (including phenoxy) is 1. The van der Waals surface area contributed by atoms with Crippen LogP contribution in [0.15, 0.2) is 12.3 Å². The number of pyridine rings is 1. The third-order valence-corrected chi connectivity index (χ3v) is 2.90. The van der Waals surface area contributed by atoms with Crippen molar-refractivity contribution < 1.29 is 9.84 Å². The van der Waals surface area contributed by atoms with Gasteiger partial charge in [0.15, 0.2) is 5.82 Å². The first kappa shape index (κ1) is 11.2. The Kier molecular flexibility index (Phi) is 3.26. The molecule has 3 N–H and O–H groups in total. The molecule has 0 spiro atoms. The van der Waals surface area contributed by atoms with E-state index in [2.05, 4.69) is 4.98 Å². The number of rotatable bonds is 2. The second kappa shape index (κ2) is 4.67. The number of hydrogen-bond donors (Lipinski definition) is 2. The first-order valence-corrected chi connectivity index (χ1v) is 5.40. The van der Waals surface area contributed by atoms with Crippen molar-refractivity contribution in [2.24, 2.45) is 0 Å². The van der Waals surface area contributed by atoms with Gasteiger partial charge in [-0.05, 0) is 18.6 Å². The Bertz CT molecular complexity index is 370. The normalized spacial score (nSPS) is 21.1. The highest BCUT2D eigenvalue weighted by atomic mass is 16.5. The number of aliphatic hydroxyl groups is 1. The van der Waals surface area contributed by atoms with Crippen molar-refractivity contribution in [2.75, 3.05) is 37.0 Å². The summed E-state index contributed by atoms with van der Waals surface area (Å²) in [4.78, 5) is 6.31. The lowest BCUT2D eigenvalue weighted by atomic mass is 10.2. The largest absolute Gasteiger partial charge is 0.396 e. The molecule has 1 saturated heterocycles. The number of morpholine rings is 1. The van der Waals surface area contributed by atoms with Gasteiger partial charge in [0.05, 0.1) is 31.5 Å². The van der Waals surface area contributed by atoms with E-state index >= 15 is 0 Å². The van der Waals surface area contributed by atoms with Crippen LogP contribution < -0.4 is 10.6 Å². The molecule has 5 nitrogen and oxygen atoms in total. The summed E-state index contributed by atoms with van der Waals surface area (Å²) in [5.74, 6) is 0.752. The standard InChI is InChI=1S/C11H17N3O2/c1-8-2-3-13-11(10(8)12)14-4-5-16-7-9(14)6-15/h2-3,9,15H,4-7,12H2,1H3. The van der Waals surface area contributed by atoms with Gasteiger partial charge in [-0.3, -0.25) is 0 Å². The molecule has 1 aliphatic rings. The summed E-state index contributed by atoms with van der Waals surface area (Å²) in [7, 11) is 0. The zero-order valence-electron chi connectivity index (χ0n) is 9.39. The molecule has 1 aliphatic heterocycles. The van der Waals surface area contributed by atoms with E-state index in [9.17, 15) is 5.11 Å². The van der Waals surface area contributed by atoms with Gasteiger partial charge >= 0.3 is 0 Å². The number of aromatic nitrogens is 1. The molecule has 1 fully saturated rings. The minimum absolute atomic E-state index is 0.0506. The molecule has 2 heterocycles. The molecular formula is C11H17N3O2. The molecule has 0 amide bonds. The zero-order chi connectivity index (χ0) is 11.5. The second-order valence-corrected chi connectivity index (χ2v) is 3.97. The third kappa shape index (κ3) is 1.96. The number of aliphatic hydroxyl groups excluding tert-OH is 1. The van der Waals surface area contributed by atoms with E-state index in [1.165, 1.54) is 0 Å². The lowest BCUT2D eigenvalue weighted by Gasteiger charge is -2.36. The number of hydrogen-bond acceptors (Lipinski definition) is 5. The molecule has 0 bridgehead atoms. The minimum atomic E-state index is -0.0506. The maximum absolute atomic E-state index is 9.29. The predicted molar refractivity (Wildman–Crippen MR) is 62.4 cm³/mol. The molecule has 1 unspecified atom stereocenters. The molecule has 16 heavy (non-hydrogen) atoms. The fraction of sp³-hybridized carbons (Fsp3) is 0.545. The molecule has 2 rings (SSSR count). The summed E-state index contributed by atoms with van der Waals surface area (Å²) in [6.07, 6.45) is 1.74. The van der Waals surface area contributed by atoms with Crippen molar-refractivity contribution >= 4 is 11.5 Å². The number of nitrogen functional groups attached to an aromatic ring is 1. The van der Waals surface area contributed by atoms with Crippen molar-refractivity contribution in [2.45, 2.75) is 13.0 Å². The van der Waals surface area contributed by atoms with Crippen LogP contribution in [-0.4, -0.2) is 42.5 Å². The van der Waals surface area contributed by atoms with Gasteiger partial charge in [-0.15, -0.1) is 0 Å². The van der Waals surface area contributed by atoms with Crippen molar-refractivity contribution in [1.29, 1.82) is 0 Å². The summed E-state index contributed by atoms with van der Waals surface area (Å²) in [5, 5.41) is 9.29. The smallest absolute Gasteiger partial charge is 0.152 e. The highest BCUT2D eigenvalue weighted by Gasteiger charge is 2.25. The lowest BCUT2D eigenvalue weighted by Crippen LogP contribution is -2.48.